The van der Waals surface area contributed by atoms with Gasteiger partial charge in [0.1, 0.15) is 5.75 Å². The first-order valence-electron chi connectivity index (χ1n) is 7.66. The van der Waals surface area contributed by atoms with Gasteiger partial charge in [-0.15, -0.1) is 0 Å². The first kappa shape index (κ1) is 17.5. The molecule has 1 amide bonds. The van der Waals surface area contributed by atoms with Crippen molar-refractivity contribution in [2.75, 3.05) is 13.7 Å². The van der Waals surface area contributed by atoms with Crippen molar-refractivity contribution >= 4 is 11.9 Å². The van der Waals surface area contributed by atoms with E-state index in [4.69, 9.17) is 9.47 Å². The minimum absolute atomic E-state index is 0.155. The fourth-order valence-corrected chi connectivity index (χ4v) is 2.16. The number of hydrogen-bond acceptors (Lipinski definition) is 4. The Kier molecular flexibility index (Phi) is 5.95. The van der Waals surface area contributed by atoms with Gasteiger partial charge in [0.15, 0.2) is 6.61 Å². The van der Waals surface area contributed by atoms with Crippen LogP contribution in [0.4, 0.5) is 0 Å². The summed E-state index contributed by atoms with van der Waals surface area (Å²) < 4.78 is 10.1. The summed E-state index contributed by atoms with van der Waals surface area (Å²) in [7, 11) is 1.55. The Hall–Kier alpha value is -2.82. The lowest BCUT2D eigenvalue weighted by atomic mass is 10.1. The summed E-state index contributed by atoms with van der Waals surface area (Å²) in [6.07, 6.45) is 0. The van der Waals surface area contributed by atoms with Crippen molar-refractivity contribution in [3.63, 3.8) is 0 Å². The van der Waals surface area contributed by atoms with E-state index in [1.165, 1.54) is 0 Å². The summed E-state index contributed by atoms with van der Waals surface area (Å²) in [5.41, 5.74) is 2.52. The Morgan fingerprint density at radius 3 is 2.25 bits per heavy atom. The van der Waals surface area contributed by atoms with Gasteiger partial charge in [-0.05, 0) is 43.7 Å². The number of benzene rings is 2. The standard InChI is InChI=1S/C19H21NO4/c1-13-4-6-15(7-5-13)14(2)20-18(21)12-24-19(22)16-8-10-17(23-3)11-9-16/h4-11,14H,12H2,1-3H3,(H,20,21). The van der Waals surface area contributed by atoms with E-state index < -0.39 is 5.97 Å². The number of carbonyl (C=O) groups is 2. The molecule has 0 bridgehead atoms. The molecule has 24 heavy (non-hydrogen) atoms. The van der Waals surface area contributed by atoms with E-state index in [2.05, 4.69) is 5.32 Å². The van der Waals surface area contributed by atoms with E-state index in [9.17, 15) is 9.59 Å². The van der Waals surface area contributed by atoms with E-state index in [1.54, 1.807) is 31.4 Å². The molecule has 0 spiro atoms. The molecular weight excluding hydrogens is 306 g/mol. The normalized spacial score (nSPS) is 11.5. The molecule has 126 valence electrons. The molecule has 0 aliphatic carbocycles. The average molecular weight is 327 g/mol. The first-order chi connectivity index (χ1) is 11.5. The third kappa shape index (κ3) is 4.84. The van der Waals surface area contributed by atoms with Crippen LogP contribution in [0.15, 0.2) is 48.5 Å². The molecule has 5 nitrogen and oxygen atoms in total. The highest BCUT2D eigenvalue weighted by Gasteiger charge is 2.13. The third-order valence-electron chi connectivity index (χ3n) is 3.61. The number of ether oxygens (including phenoxy) is 2. The Morgan fingerprint density at radius 2 is 1.67 bits per heavy atom. The van der Waals surface area contributed by atoms with E-state index in [0.29, 0.717) is 11.3 Å². The molecule has 2 aromatic carbocycles. The average Bonchev–Trinajstić information content (AvgIpc) is 2.60. The zero-order valence-corrected chi connectivity index (χ0v) is 14.0. The van der Waals surface area contributed by atoms with Gasteiger partial charge >= 0.3 is 5.97 Å². The monoisotopic (exact) mass is 327 g/mol. The van der Waals surface area contributed by atoms with Crippen molar-refractivity contribution < 1.29 is 19.1 Å². The van der Waals surface area contributed by atoms with Crippen molar-refractivity contribution in [3.05, 3.63) is 65.2 Å². The summed E-state index contributed by atoms with van der Waals surface area (Å²) >= 11 is 0. The SMILES string of the molecule is COc1ccc(C(=O)OCC(=O)NC(C)c2ccc(C)cc2)cc1. The molecule has 0 aliphatic heterocycles. The Morgan fingerprint density at radius 1 is 1.04 bits per heavy atom. The van der Waals surface area contributed by atoms with Crippen molar-refractivity contribution in [1.82, 2.24) is 5.32 Å². The Bertz CT molecular complexity index is 692. The number of nitrogens with one attached hydrogen (secondary N) is 1. The summed E-state index contributed by atoms with van der Waals surface area (Å²) in [5.74, 6) is -0.239. The van der Waals surface area contributed by atoms with Gasteiger partial charge in [-0.2, -0.15) is 0 Å². The van der Waals surface area contributed by atoms with Crippen LogP contribution in [-0.4, -0.2) is 25.6 Å². The van der Waals surface area contributed by atoms with Crippen molar-refractivity contribution in [2.45, 2.75) is 19.9 Å². The van der Waals surface area contributed by atoms with Gasteiger partial charge in [-0.1, -0.05) is 29.8 Å². The summed E-state index contributed by atoms with van der Waals surface area (Å²) in [5, 5.41) is 2.80. The highest BCUT2D eigenvalue weighted by Crippen LogP contribution is 2.14. The second-order valence-electron chi connectivity index (χ2n) is 5.50. The molecule has 1 N–H and O–H groups in total. The van der Waals surface area contributed by atoms with Gasteiger partial charge < -0.3 is 14.8 Å². The number of esters is 1. The van der Waals surface area contributed by atoms with Crippen LogP contribution in [0.25, 0.3) is 0 Å². The van der Waals surface area contributed by atoms with Gasteiger partial charge in [-0.3, -0.25) is 4.79 Å². The van der Waals surface area contributed by atoms with Crippen LogP contribution in [0.5, 0.6) is 5.75 Å². The number of methoxy groups -OCH3 is 1. The van der Waals surface area contributed by atoms with Crippen LogP contribution in [0, 0.1) is 6.92 Å². The van der Waals surface area contributed by atoms with Crippen LogP contribution in [0.1, 0.15) is 34.5 Å². The molecule has 0 heterocycles. The van der Waals surface area contributed by atoms with Crippen molar-refractivity contribution in [1.29, 1.82) is 0 Å². The maximum absolute atomic E-state index is 11.9. The quantitative estimate of drug-likeness (QED) is 0.828. The lowest BCUT2D eigenvalue weighted by molar-refractivity contribution is -0.124. The molecule has 0 fully saturated rings. The summed E-state index contributed by atoms with van der Waals surface area (Å²) in [6, 6.07) is 14.3. The van der Waals surface area contributed by atoms with Crippen LogP contribution >= 0.6 is 0 Å². The number of amides is 1. The third-order valence-corrected chi connectivity index (χ3v) is 3.61. The van der Waals surface area contributed by atoms with E-state index in [-0.39, 0.29) is 18.6 Å². The predicted molar refractivity (Wildman–Crippen MR) is 91.0 cm³/mol. The topological polar surface area (TPSA) is 64.6 Å². The Balaban J connectivity index is 1.83. The number of carbonyl (C=O) groups excluding carboxylic acids is 2. The largest absolute Gasteiger partial charge is 0.497 e. The summed E-state index contributed by atoms with van der Waals surface area (Å²) in [6.45, 7) is 3.57. The highest BCUT2D eigenvalue weighted by molar-refractivity contribution is 5.91. The van der Waals surface area contributed by atoms with Crippen LogP contribution in [-0.2, 0) is 9.53 Å². The molecule has 0 aliphatic rings. The van der Waals surface area contributed by atoms with Gasteiger partial charge in [-0.25, -0.2) is 4.79 Å². The molecule has 0 aromatic heterocycles. The second kappa shape index (κ2) is 8.15. The lowest BCUT2D eigenvalue weighted by Gasteiger charge is -2.14. The molecule has 0 radical (unpaired) electrons. The minimum atomic E-state index is -0.546. The van der Waals surface area contributed by atoms with Crippen LogP contribution in [0.2, 0.25) is 0 Å². The zero-order chi connectivity index (χ0) is 17.5. The van der Waals surface area contributed by atoms with E-state index in [0.717, 1.165) is 11.1 Å². The maximum Gasteiger partial charge on any atom is 0.338 e. The second-order valence-corrected chi connectivity index (χ2v) is 5.50. The lowest BCUT2D eigenvalue weighted by Crippen LogP contribution is -2.31. The fraction of sp³-hybridized carbons (Fsp3) is 0.263. The predicted octanol–water partition coefficient (Wildman–Crippen LogP) is 3.04. The molecule has 5 heteroatoms. The first-order valence-corrected chi connectivity index (χ1v) is 7.66. The maximum atomic E-state index is 11.9. The van der Waals surface area contributed by atoms with Crippen LogP contribution < -0.4 is 10.1 Å². The van der Waals surface area contributed by atoms with Crippen molar-refractivity contribution in [3.8, 4) is 5.75 Å². The fourth-order valence-electron chi connectivity index (χ4n) is 2.16. The number of aryl methyl sites for hydroxylation is 1. The van der Waals surface area contributed by atoms with Crippen LogP contribution in [0.3, 0.4) is 0 Å². The minimum Gasteiger partial charge on any atom is -0.497 e. The van der Waals surface area contributed by atoms with Gasteiger partial charge in [0.2, 0.25) is 0 Å². The zero-order valence-electron chi connectivity index (χ0n) is 14.0. The van der Waals surface area contributed by atoms with Gasteiger partial charge in [0.25, 0.3) is 5.91 Å². The summed E-state index contributed by atoms with van der Waals surface area (Å²) in [4.78, 5) is 23.8. The Labute approximate surface area is 141 Å². The molecule has 1 unspecified atom stereocenters. The molecule has 2 aromatic rings. The molecular formula is C19H21NO4. The smallest absolute Gasteiger partial charge is 0.338 e. The molecule has 2 rings (SSSR count). The van der Waals surface area contributed by atoms with E-state index >= 15 is 0 Å². The highest BCUT2D eigenvalue weighted by atomic mass is 16.5. The molecule has 1 atom stereocenters. The van der Waals surface area contributed by atoms with E-state index in [1.807, 2.05) is 38.1 Å². The van der Waals surface area contributed by atoms with Crippen molar-refractivity contribution in [2.24, 2.45) is 0 Å². The molecule has 0 saturated heterocycles. The number of hydrogen-bond donors (Lipinski definition) is 1. The van der Waals surface area contributed by atoms with Gasteiger partial charge in [0, 0.05) is 0 Å². The molecule has 0 saturated carbocycles. The van der Waals surface area contributed by atoms with Gasteiger partial charge in [0.05, 0.1) is 18.7 Å². The number of rotatable bonds is 6.